The molecule has 0 aromatic heterocycles. The molecule has 1 heterocycles. The van der Waals surface area contributed by atoms with E-state index >= 15 is 0 Å². The quantitative estimate of drug-likeness (QED) is 0.873. The number of anilines is 1. The molecule has 2 aromatic carbocycles. The molecule has 2 amide bonds. The van der Waals surface area contributed by atoms with Gasteiger partial charge >= 0.3 is 6.03 Å². The van der Waals surface area contributed by atoms with Gasteiger partial charge < -0.3 is 15.1 Å². The molecule has 0 spiro atoms. The average Bonchev–Trinajstić information content (AvgIpc) is 3.04. The van der Waals surface area contributed by atoms with Crippen LogP contribution in [0.5, 0.6) is 0 Å². The van der Waals surface area contributed by atoms with E-state index in [9.17, 15) is 4.79 Å². The average molecular weight is 370 g/mol. The lowest BCUT2D eigenvalue weighted by atomic mass is 10.1. The van der Waals surface area contributed by atoms with E-state index in [0.717, 1.165) is 47.4 Å². The SMILES string of the molecule is CN(C)CC1C2CN(C(=O)Nc3ccc(-c4cccc(Cl)c4)cc3)CC12. The van der Waals surface area contributed by atoms with Crippen molar-refractivity contribution in [3.05, 3.63) is 53.6 Å². The topological polar surface area (TPSA) is 35.6 Å². The predicted molar refractivity (Wildman–Crippen MR) is 107 cm³/mol. The van der Waals surface area contributed by atoms with Crippen molar-refractivity contribution in [1.82, 2.24) is 9.80 Å². The van der Waals surface area contributed by atoms with E-state index in [2.05, 4.69) is 24.3 Å². The zero-order valence-corrected chi connectivity index (χ0v) is 15.9. The van der Waals surface area contributed by atoms with E-state index in [1.165, 1.54) is 0 Å². The van der Waals surface area contributed by atoms with Gasteiger partial charge in [-0.05, 0) is 67.2 Å². The first-order valence-corrected chi connectivity index (χ1v) is 9.46. The molecule has 26 heavy (non-hydrogen) atoms. The van der Waals surface area contributed by atoms with Crippen molar-refractivity contribution < 1.29 is 4.79 Å². The van der Waals surface area contributed by atoms with Gasteiger partial charge in [0, 0.05) is 30.3 Å². The first-order chi connectivity index (χ1) is 12.5. The van der Waals surface area contributed by atoms with Gasteiger partial charge in [0.2, 0.25) is 0 Å². The molecule has 0 radical (unpaired) electrons. The molecular formula is C21H24ClN3O. The Hall–Kier alpha value is -2.04. The highest BCUT2D eigenvalue weighted by atomic mass is 35.5. The van der Waals surface area contributed by atoms with Crippen LogP contribution in [-0.4, -0.2) is 49.6 Å². The smallest absolute Gasteiger partial charge is 0.321 e. The number of amides is 2. The summed E-state index contributed by atoms with van der Waals surface area (Å²) in [5, 5.41) is 3.74. The van der Waals surface area contributed by atoms with Gasteiger partial charge in [-0.25, -0.2) is 4.79 Å². The number of carbonyl (C=O) groups is 1. The lowest BCUT2D eigenvalue weighted by Gasteiger charge is -2.21. The maximum absolute atomic E-state index is 12.5. The van der Waals surface area contributed by atoms with Crippen molar-refractivity contribution in [1.29, 1.82) is 0 Å². The molecule has 1 saturated heterocycles. The van der Waals surface area contributed by atoms with Crippen LogP contribution in [0.25, 0.3) is 11.1 Å². The maximum Gasteiger partial charge on any atom is 0.321 e. The molecule has 0 bridgehead atoms. The number of fused-ring (bicyclic) bond motifs is 1. The number of halogens is 1. The molecular weight excluding hydrogens is 346 g/mol. The lowest BCUT2D eigenvalue weighted by Crippen LogP contribution is -2.36. The first-order valence-electron chi connectivity index (χ1n) is 9.08. The molecule has 2 unspecified atom stereocenters. The molecule has 4 rings (SSSR count). The monoisotopic (exact) mass is 369 g/mol. The van der Waals surface area contributed by atoms with Crippen molar-refractivity contribution in [3.63, 3.8) is 0 Å². The van der Waals surface area contributed by atoms with Crippen molar-refractivity contribution >= 4 is 23.3 Å². The van der Waals surface area contributed by atoms with Gasteiger partial charge in [0.25, 0.3) is 0 Å². The minimum Gasteiger partial charge on any atom is -0.324 e. The van der Waals surface area contributed by atoms with Crippen LogP contribution in [0, 0.1) is 17.8 Å². The van der Waals surface area contributed by atoms with Crippen LogP contribution >= 0.6 is 11.6 Å². The summed E-state index contributed by atoms with van der Waals surface area (Å²) in [7, 11) is 4.23. The van der Waals surface area contributed by atoms with Gasteiger partial charge in [-0.2, -0.15) is 0 Å². The summed E-state index contributed by atoms with van der Waals surface area (Å²) in [4.78, 5) is 16.7. The van der Waals surface area contributed by atoms with Gasteiger partial charge in [-0.3, -0.25) is 0 Å². The van der Waals surface area contributed by atoms with Crippen LogP contribution in [-0.2, 0) is 0 Å². The van der Waals surface area contributed by atoms with E-state index < -0.39 is 0 Å². The molecule has 1 saturated carbocycles. The van der Waals surface area contributed by atoms with Gasteiger partial charge in [0.05, 0.1) is 0 Å². The zero-order valence-electron chi connectivity index (χ0n) is 15.2. The van der Waals surface area contributed by atoms with Gasteiger partial charge in [-0.15, -0.1) is 0 Å². The molecule has 2 fully saturated rings. The Morgan fingerprint density at radius 2 is 1.81 bits per heavy atom. The number of hydrogen-bond acceptors (Lipinski definition) is 2. The second-order valence-corrected chi connectivity index (χ2v) is 8.11. The van der Waals surface area contributed by atoms with Crippen molar-refractivity contribution in [2.45, 2.75) is 0 Å². The fourth-order valence-corrected chi connectivity index (χ4v) is 4.31. The highest BCUT2D eigenvalue weighted by Crippen LogP contribution is 2.51. The Bertz CT molecular complexity index is 793. The molecule has 1 N–H and O–H groups in total. The van der Waals surface area contributed by atoms with Gasteiger partial charge in [0.15, 0.2) is 0 Å². The number of likely N-dealkylation sites (tertiary alicyclic amines) is 1. The lowest BCUT2D eigenvalue weighted by molar-refractivity contribution is 0.212. The molecule has 2 aromatic rings. The number of nitrogens with zero attached hydrogens (tertiary/aromatic N) is 2. The minimum absolute atomic E-state index is 0.0105. The molecule has 2 atom stereocenters. The normalized spacial score (nSPS) is 23.8. The van der Waals surface area contributed by atoms with E-state index in [4.69, 9.17) is 11.6 Å². The van der Waals surface area contributed by atoms with E-state index in [1.54, 1.807) is 0 Å². The fourth-order valence-electron chi connectivity index (χ4n) is 4.12. The number of rotatable bonds is 4. The van der Waals surface area contributed by atoms with E-state index in [-0.39, 0.29) is 6.03 Å². The van der Waals surface area contributed by atoms with Crippen LogP contribution in [0.3, 0.4) is 0 Å². The van der Waals surface area contributed by atoms with Crippen molar-refractivity contribution in [3.8, 4) is 11.1 Å². The molecule has 4 nitrogen and oxygen atoms in total. The Balaban J connectivity index is 1.33. The molecule has 2 aliphatic rings. The number of nitrogens with one attached hydrogen (secondary N) is 1. The summed E-state index contributed by atoms with van der Waals surface area (Å²) in [6.07, 6.45) is 0. The van der Waals surface area contributed by atoms with Crippen LogP contribution in [0.2, 0.25) is 5.02 Å². The summed E-state index contributed by atoms with van der Waals surface area (Å²) >= 11 is 6.06. The number of piperidine rings is 1. The van der Waals surface area contributed by atoms with Crippen LogP contribution in [0.4, 0.5) is 10.5 Å². The molecule has 1 aliphatic carbocycles. The fraction of sp³-hybridized carbons (Fsp3) is 0.381. The third kappa shape index (κ3) is 3.57. The maximum atomic E-state index is 12.5. The molecule has 5 heteroatoms. The molecule has 1 aliphatic heterocycles. The van der Waals surface area contributed by atoms with Crippen LogP contribution < -0.4 is 5.32 Å². The Labute approximate surface area is 159 Å². The summed E-state index contributed by atoms with van der Waals surface area (Å²) < 4.78 is 0. The zero-order chi connectivity index (χ0) is 18.3. The highest BCUT2D eigenvalue weighted by Gasteiger charge is 2.56. The van der Waals surface area contributed by atoms with Crippen molar-refractivity contribution in [2.75, 3.05) is 39.0 Å². The number of hydrogen-bond donors (Lipinski definition) is 1. The Morgan fingerprint density at radius 3 is 2.42 bits per heavy atom. The number of urea groups is 1. The van der Waals surface area contributed by atoms with Crippen molar-refractivity contribution in [2.24, 2.45) is 17.8 Å². The Morgan fingerprint density at radius 1 is 1.12 bits per heavy atom. The largest absolute Gasteiger partial charge is 0.324 e. The van der Waals surface area contributed by atoms with Gasteiger partial charge in [-0.1, -0.05) is 35.9 Å². The number of carbonyl (C=O) groups excluding carboxylic acids is 1. The third-order valence-corrected chi connectivity index (χ3v) is 5.76. The molecule has 136 valence electrons. The Kier molecular flexibility index (Phi) is 4.63. The van der Waals surface area contributed by atoms with E-state index in [0.29, 0.717) is 11.8 Å². The predicted octanol–water partition coefficient (Wildman–Crippen LogP) is 4.28. The van der Waals surface area contributed by atoms with Crippen LogP contribution in [0.1, 0.15) is 0 Å². The minimum atomic E-state index is 0.0105. The highest BCUT2D eigenvalue weighted by molar-refractivity contribution is 6.30. The van der Waals surface area contributed by atoms with Gasteiger partial charge in [0.1, 0.15) is 0 Å². The van der Waals surface area contributed by atoms with Crippen LogP contribution in [0.15, 0.2) is 48.5 Å². The third-order valence-electron chi connectivity index (χ3n) is 5.53. The number of benzene rings is 2. The summed E-state index contributed by atoms with van der Waals surface area (Å²) in [5.41, 5.74) is 2.98. The second-order valence-electron chi connectivity index (χ2n) is 7.68. The summed E-state index contributed by atoms with van der Waals surface area (Å²) in [5.74, 6) is 2.15. The standard InChI is InChI=1S/C21H24ClN3O/c1-24(2)11-18-19-12-25(13-20(18)19)21(26)23-17-8-6-14(7-9-17)15-4-3-5-16(22)10-15/h3-10,18-20H,11-13H2,1-2H3,(H,23,26). The summed E-state index contributed by atoms with van der Waals surface area (Å²) in [6, 6.07) is 15.7. The first kappa shape index (κ1) is 17.4. The summed E-state index contributed by atoms with van der Waals surface area (Å²) in [6.45, 7) is 2.90. The van der Waals surface area contributed by atoms with E-state index in [1.807, 2.05) is 53.4 Å². The second kappa shape index (κ2) is 6.93.